The Balaban J connectivity index is 2.87. The van der Waals surface area contributed by atoms with Gasteiger partial charge in [-0.05, 0) is 44.0 Å². The van der Waals surface area contributed by atoms with Gasteiger partial charge in [-0.3, -0.25) is 0 Å². The smallest absolute Gasteiger partial charge is 0.154 e. The van der Waals surface area contributed by atoms with Crippen LogP contribution in [-0.2, 0) is 0 Å². The lowest BCUT2D eigenvalue weighted by Crippen LogP contribution is -1.90. The van der Waals surface area contributed by atoms with E-state index in [9.17, 15) is 0 Å². The summed E-state index contributed by atoms with van der Waals surface area (Å²) < 4.78 is 3.36. The summed E-state index contributed by atoms with van der Waals surface area (Å²) in [6.45, 7) is 0. The molecule has 0 aliphatic carbocycles. The Hall–Kier alpha value is -0.420. The molecule has 0 radical (unpaired) electrons. The van der Waals surface area contributed by atoms with E-state index in [1.54, 1.807) is 10.7 Å². The van der Waals surface area contributed by atoms with Crippen LogP contribution in [0.1, 0.15) is 0 Å². The molecule has 0 spiro atoms. The minimum absolute atomic E-state index is 0.795. The maximum Gasteiger partial charge on any atom is 0.154 e. The van der Waals surface area contributed by atoms with Gasteiger partial charge in [-0.1, -0.05) is 0 Å². The highest BCUT2D eigenvalue weighted by Gasteiger charge is 1.99. The summed E-state index contributed by atoms with van der Waals surface area (Å²) in [5.41, 5.74) is 0.833. The van der Waals surface area contributed by atoms with Gasteiger partial charge < -0.3 is 0 Å². The molecule has 0 fully saturated rings. The van der Waals surface area contributed by atoms with Crippen LogP contribution in [0, 0.1) is 0 Å². The second-order valence-corrected chi connectivity index (χ2v) is 3.63. The third-order valence-corrected chi connectivity index (χ3v) is 2.25. The predicted octanol–water partition coefficient (Wildman–Crippen LogP) is 2.25. The fraction of sp³-hybridized carbons (Fsp3) is 0. The van der Waals surface area contributed by atoms with Gasteiger partial charge in [0.25, 0.3) is 0 Å². The lowest BCUT2D eigenvalue weighted by atomic mass is 10.6. The summed E-state index contributed by atoms with van der Waals surface area (Å²) in [7, 11) is 0. The van der Waals surface area contributed by atoms with Gasteiger partial charge >= 0.3 is 0 Å². The van der Waals surface area contributed by atoms with Gasteiger partial charge in [-0.2, -0.15) is 5.10 Å². The highest BCUT2D eigenvalue weighted by atomic mass is 79.9. The molecule has 2 rings (SSSR count). The summed E-state index contributed by atoms with van der Waals surface area (Å²) in [5, 5.41) is 4.16. The lowest BCUT2D eigenvalue weighted by molar-refractivity contribution is 0.897. The summed E-state index contributed by atoms with van der Waals surface area (Å²) >= 11 is 6.59. The minimum atomic E-state index is 0.795. The number of halogens is 2. The molecule has 56 valence electrons. The molecule has 11 heavy (non-hydrogen) atoms. The van der Waals surface area contributed by atoms with E-state index in [1.807, 2.05) is 12.1 Å². The Morgan fingerprint density at radius 3 is 2.91 bits per heavy atom. The number of imidazole rings is 1. The highest BCUT2D eigenvalue weighted by Crippen LogP contribution is 2.13. The standard InChI is InChI=1S/C6H3Br2N3/c7-4-1-2-6-9-3-5(8)11(6)10-4/h1-3H. The number of hydrogen-bond donors (Lipinski definition) is 0. The van der Waals surface area contributed by atoms with Crippen molar-refractivity contribution in [2.45, 2.75) is 0 Å². The van der Waals surface area contributed by atoms with E-state index < -0.39 is 0 Å². The third-order valence-electron chi connectivity index (χ3n) is 1.29. The van der Waals surface area contributed by atoms with Crippen molar-refractivity contribution < 1.29 is 0 Å². The Morgan fingerprint density at radius 2 is 2.09 bits per heavy atom. The zero-order chi connectivity index (χ0) is 7.84. The van der Waals surface area contributed by atoms with Gasteiger partial charge in [-0.25, -0.2) is 9.50 Å². The lowest BCUT2D eigenvalue weighted by Gasteiger charge is -1.92. The van der Waals surface area contributed by atoms with Crippen LogP contribution in [-0.4, -0.2) is 14.6 Å². The quantitative estimate of drug-likeness (QED) is 0.739. The van der Waals surface area contributed by atoms with Gasteiger partial charge in [0.05, 0.1) is 6.20 Å². The SMILES string of the molecule is Brc1ccc2ncc(Br)n2n1. The van der Waals surface area contributed by atoms with E-state index in [4.69, 9.17) is 0 Å². The van der Waals surface area contributed by atoms with Crippen LogP contribution in [0.4, 0.5) is 0 Å². The van der Waals surface area contributed by atoms with Crippen molar-refractivity contribution in [3.8, 4) is 0 Å². The molecule has 0 atom stereocenters. The van der Waals surface area contributed by atoms with Crippen LogP contribution in [0.5, 0.6) is 0 Å². The van der Waals surface area contributed by atoms with E-state index in [2.05, 4.69) is 41.9 Å². The molecule has 0 bridgehead atoms. The first-order valence-corrected chi connectivity index (χ1v) is 4.52. The average Bonchev–Trinajstić information content (AvgIpc) is 2.33. The normalized spacial score (nSPS) is 10.7. The zero-order valence-electron chi connectivity index (χ0n) is 5.33. The maximum absolute atomic E-state index is 4.16. The Labute approximate surface area is 79.7 Å². The molecule has 0 aromatic carbocycles. The summed E-state index contributed by atoms with van der Waals surface area (Å²) in [5.74, 6) is 0. The van der Waals surface area contributed by atoms with Crippen LogP contribution in [0.15, 0.2) is 27.5 Å². The van der Waals surface area contributed by atoms with Gasteiger partial charge in [0.1, 0.15) is 9.21 Å². The Morgan fingerprint density at radius 1 is 1.27 bits per heavy atom. The zero-order valence-corrected chi connectivity index (χ0v) is 8.50. The van der Waals surface area contributed by atoms with Crippen molar-refractivity contribution in [1.82, 2.24) is 14.6 Å². The molecule has 0 saturated carbocycles. The van der Waals surface area contributed by atoms with E-state index in [0.29, 0.717) is 0 Å². The first-order chi connectivity index (χ1) is 5.27. The third kappa shape index (κ3) is 1.18. The Bertz CT molecular complexity index is 396. The van der Waals surface area contributed by atoms with Gasteiger partial charge in [0.15, 0.2) is 5.65 Å². The van der Waals surface area contributed by atoms with Crippen molar-refractivity contribution in [3.63, 3.8) is 0 Å². The van der Waals surface area contributed by atoms with E-state index in [1.165, 1.54) is 0 Å². The topological polar surface area (TPSA) is 30.2 Å². The van der Waals surface area contributed by atoms with Gasteiger partial charge in [0.2, 0.25) is 0 Å². The molecular formula is C6H3Br2N3. The molecule has 0 saturated heterocycles. The largest absolute Gasteiger partial charge is 0.234 e. The molecule has 0 N–H and O–H groups in total. The highest BCUT2D eigenvalue weighted by molar-refractivity contribution is 9.10. The molecule has 0 amide bonds. The van der Waals surface area contributed by atoms with E-state index in [-0.39, 0.29) is 0 Å². The molecule has 2 heterocycles. The van der Waals surface area contributed by atoms with Crippen LogP contribution in [0.25, 0.3) is 5.65 Å². The molecule has 0 unspecified atom stereocenters. The van der Waals surface area contributed by atoms with E-state index >= 15 is 0 Å². The fourth-order valence-electron chi connectivity index (χ4n) is 0.823. The van der Waals surface area contributed by atoms with E-state index in [0.717, 1.165) is 14.9 Å². The molecular weight excluding hydrogens is 274 g/mol. The molecule has 2 aromatic rings. The summed E-state index contributed by atoms with van der Waals surface area (Å²) in [4.78, 5) is 4.09. The average molecular weight is 277 g/mol. The monoisotopic (exact) mass is 275 g/mol. The molecule has 2 aromatic heterocycles. The van der Waals surface area contributed by atoms with Crippen molar-refractivity contribution in [2.75, 3.05) is 0 Å². The summed E-state index contributed by atoms with van der Waals surface area (Å²) in [6.07, 6.45) is 1.72. The first-order valence-electron chi connectivity index (χ1n) is 2.93. The molecule has 5 heteroatoms. The maximum atomic E-state index is 4.16. The summed E-state index contributed by atoms with van der Waals surface area (Å²) in [6, 6.07) is 3.75. The molecule has 3 nitrogen and oxygen atoms in total. The predicted molar refractivity (Wildman–Crippen MR) is 48.4 cm³/mol. The number of nitrogens with zero attached hydrogens (tertiary/aromatic N) is 3. The number of hydrogen-bond acceptors (Lipinski definition) is 2. The Kier molecular flexibility index (Phi) is 1.69. The fourth-order valence-corrected chi connectivity index (χ4v) is 1.48. The van der Waals surface area contributed by atoms with Gasteiger partial charge in [0, 0.05) is 0 Å². The minimum Gasteiger partial charge on any atom is -0.234 e. The molecule has 0 aliphatic heterocycles. The van der Waals surface area contributed by atoms with Crippen molar-refractivity contribution >= 4 is 37.5 Å². The second kappa shape index (κ2) is 2.57. The van der Waals surface area contributed by atoms with Crippen LogP contribution < -0.4 is 0 Å². The number of rotatable bonds is 0. The second-order valence-electron chi connectivity index (χ2n) is 2.01. The van der Waals surface area contributed by atoms with Crippen molar-refractivity contribution in [2.24, 2.45) is 0 Å². The van der Waals surface area contributed by atoms with Crippen LogP contribution in [0.2, 0.25) is 0 Å². The van der Waals surface area contributed by atoms with Crippen LogP contribution in [0.3, 0.4) is 0 Å². The van der Waals surface area contributed by atoms with Crippen molar-refractivity contribution in [1.29, 1.82) is 0 Å². The number of aromatic nitrogens is 3. The number of fused-ring (bicyclic) bond motifs is 1. The molecule has 0 aliphatic rings. The van der Waals surface area contributed by atoms with Gasteiger partial charge in [-0.15, -0.1) is 0 Å². The van der Waals surface area contributed by atoms with Crippen molar-refractivity contribution in [3.05, 3.63) is 27.5 Å². The first kappa shape index (κ1) is 7.24. The van der Waals surface area contributed by atoms with Crippen LogP contribution >= 0.6 is 31.9 Å².